The average molecular weight is 276 g/mol. The summed E-state index contributed by atoms with van der Waals surface area (Å²) in [4.78, 5) is 0. The molecule has 1 rings (SSSR count). The van der Waals surface area contributed by atoms with E-state index >= 15 is 0 Å². The Labute approximate surface area is 104 Å². The van der Waals surface area contributed by atoms with Gasteiger partial charge < -0.3 is 10.9 Å². The van der Waals surface area contributed by atoms with Crippen LogP contribution in [0.5, 0.6) is 0 Å². The predicted molar refractivity (Wildman–Crippen MR) is 65.1 cm³/mol. The quantitative estimate of drug-likeness (QED) is 0.314. The van der Waals surface area contributed by atoms with E-state index in [1.807, 2.05) is 0 Å². The summed E-state index contributed by atoms with van der Waals surface area (Å²) in [6.07, 6.45) is 0. The fourth-order valence-electron chi connectivity index (χ4n) is 1.05. The number of benzene rings is 1. The van der Waals surface area contributed by atoms with Crippen LogP contribution in [0.1, 0.15) is 5.56 Å². The molecule has 9 heteroatoms. The van der Waals surface area contributed by atoms with E-state index in [1.165, 1.54) is 26.2 Å². The van der Waals surface area contributed by atoms with Gasteiger partial charge in [-0.15, -0.1) is 0 Å². The molecule has 0 radical (unpaired) electrons. The molecule has 0 saturated carbocycles. The highest BCUT2D eigenvalue weighted by molar-refractivity contribution is 7.90. The van der Waals surface area contributed by atoms with Crippen LogP contribution in [-0.4, -0.2) is 37.9 Å². The first-order valence-electron chi connectivity index (χ1n) is 4.75. The fraction of sp³-hybridized carbons (Fsp3) is 0.222. The van der Waals surface area contributed by atoms with Crippen LogP contribution >= 0.6 is 0 Å². The Morgan fingerprint density at radius 1 is 1.50 bits per heavy atom. The van der Waals surface area contributed by atoms with E-state index in [-0.39, 0.29) is 17.1 Å². The summed E-state index contributed by atoms with van der Waals surface area (Å²) in [7, 11) is -1.16. The maximum Gasteiger partial charge on any atom is 0.301 e. The molecule has 1 aromatic rings. The summed E-state index contributed by atoms with van der Waals surface area (Å²) < 4.78 is 39.5. The van der Waals surface area contributed by atoms with Gasteiger partial charge in [0.2, 0.25) is 0 Å². The molecule has 1 aromatic carbocycles. The highest BCUT2D eigenvalue weighted by Crippen LogP contribution is 2.17. The van der Waals surface area contributed by atoms with Gasteiger partial charge in [0, 0.05) is 19.7 Å². The van der Waals surface area contributed by atoms with Crippen molar-refractivity contribution in [3.05, 3.63) is 29.6 Å². The van der Waals surface area contributed by atoms with Gasteiger partial charge in [-0.3, -0.25) is 4.72 Å². The zero-order valence-corrected chi connectivity index (χ0v) is 10.6. The van der Waals surface area contributed by atoms with E-state index in [9.17, 15) is 12.8 Å². The minimum atomic E-state index is -3.78. The molecule has 0 aliphatic carbocycles. The highest BCUT2D eigenvalue weighted by atomic mass is 32.2. The van der Waals surface area contributed by atoms with E-state index in [0.717, 1.165) is 10.4 Å². The van der Waals surface area contributed by atoms with Crippen LogP contribution < -0.4 is 10.5 Å². The van der Waals surface area contributed by atoms with Crippen molar-refractivity contribution in [3.8, 4) is 0 Å². The minimum Gasteiger partial charge on any atom is -0.409 e. The molecule has 0 amide bonds. The summed E-state index contributed by atoms with van der Waals surface area (Å²) in [6, 6.07) is 3.47. The van der Waals surface area contributed by atoms with Crippen LogP contribution in [0.25, 0.3) is 0 Å². The third-order valence-corrected chi connectivity index (χ3v) is 3.53. The molecule has 0 spiro atoms. The Kier molecular flexibility index (Phi) is 4.09. The average Bonchev–Trinajstić information content (AvgIpc) is 2.30. The van der Waals surface area contributed by atoms with Crippen molar-refractivity contribution >= 4 is 21.7 Å². The van der Waals surface area contributed by atoms with Gasteiger partial charge in [0.15, 0.2) is 5.84 Å². The summed E-state index contributed by atoms with van der Waals surface area (Å²) in [5, 5.41) is 11.1. The smallest absolute Gasteiger partial charge is 0.301 e. The number of anilines is 1. The zero-order valence-electron chi connectivity index (χ0n) is 9.75. The molecular weight excluding hydrogens is 263 g/mol. The molecule has 0 fully saturated rings. The first-order chi connectivity index (χ1) is 8.27. The molecule has 18 heavy (non-hydrogen) atoms. The van der Waals surface area contributed by atoms with Gasteiger partial charge >= 0.3 is 10.2 Å². The standard InChI is InChI=1S/C9H13FN4O3S/c1-14(2)18(16,17)13-8-4-3-6(5-7(8)10)9(11)12-15/h3-5,13,15H,1-2H3,(H2,11,12). The van der Waals surface area contributed by atoms with Gasteiger partial charge in [-0.25, -0.2) is 4.39 Å². The van der Waals surface area contributed by atoms with Gasteiger partial charge in [-0.1, -0.05) is 5.16 Å². The first-order valence-corrected chi connectivity index (χ1v) is 6.19. The van der Waals surface area contributed by atoms with E-state index in [2.05, 4.69) is 9.88 Å². The highest BCUT2D eigenvalue weighted by Gasteiger charge is 2.16. The van der Waals surface area contributed by atoms with Gasteiger partial charge in [0.1, 0.15) is 5.82 Å². The van der Waals surface area contributed by atoms with E-state index < -0.39 is 16.0 Å². The number of hydrogen-bond acceptors (Lipinski definition) is 4. The number of hydrogen-bond donors (Lipinski definition) is 3. The number of halogens is 1. The van der Waals surface area contributed by atoms with Gasteiger partial charge in [-0.2, -0.15) is 12.7 Å². The monoisotopic (exact) mass is 276 g/mol. The third-order valence-electron chi connectivity index (χ3n) is 2.09. The largest absolute Gasteiger partial charge is 0.409 e. The lowest BCUT2D eigenvalue weighted by molar-refractivity contribution is 0.318. The number of nitrogens with one attached hydrogen (secondary N) is 1. The SMILES string of the molecule is CN(C)S(=O)(=O)Nc1ccc(/C(N)=N/O)cc1F. The van der Waals surface area contributed by atoms with Crippen molar-refractivity contribution in [1.82, 2.24) is 4.31 Å². The zero-order chi connectivity index (χ0) is 13.9. The third kappa shape index (κ3) is 3.08. The normalized spacial score (nSPS) is 12.8. The van der Waals surface area contributed by atoms with E-state index in [0.29, 0.717) is 0 Å². The van der Waals surface area contributed by atoms with Crippen molar-refractivity contribution in [3.63, 3.8) is 0 Å². The summed E-state index contributed by atoms with van der Waals surface area (Å²) in [5.74, 6) is -1.10. The van der Waals surface area contributed by atoms with Crippen molar-refractivity contribution in [2.75, 3.05) is 18.8 Å². The van der Waals surface area contributed by atoms with Crippen LogP contribution in [0.15, 0.2) is 23.4 Å². The lowest BCUT2D eigenvalue weighted by atomic mass is 10.2. The van der Waals surface area contributed by atoms with Crippen LogP contribution in [0.4, 0.5) is 10.1 Å². The minimum absolute atomic E-state index is 0.141. The van der Waals surface area contributed by atoms with Crippen molar-refractivity contribution in [2.45, 2.75) is 0 Å². The van der Waals surface area contributed by atoms with Crippen molar-refractivity contribution < 1.29 is 18.0 Å². The predicted octanol–water partition coefficient (Wildman–Crippen LogP) is 0.139. The summed E-state index contributed by atoms with van der Waals surface area (Å²) in [5.41, 5.74) is 5.19. The Hall–Kier alpha value is -1.87. The summed E-state index contributed by atoms with van der Waals surface area (Å²) in [6.45, 7) is 0. The van der Waals surface area contributed by atoms with Crippen LogP contribution in [0.3, 0.4) is 0 Å². The van der Waals surface area contributed by atoms with Crippen molar-refractivity contribution in [1.29, 1.82) is 0 Å². The molecule has 0 aliphatic heterocycles. The molecule has 0 bridgehead atoms. The Balaban J connectivity index is 3.08. The van der Waals surface area contributed by atoms with Gasteiger partial charge in [0.25, 0.3) is 0 Å². The molecule has 0 aromatic heterocycles. The first kappa shape index (κ1) is 14.2. The number of nitrogens with zero attached hydrogens (tertiary/aromatic N) is 2. The molecule has 0 unspecified atom stereocenters. The molecule has 0 atom stereocenters. The second-order valence-electron chi connectivity index (χ2n) is 3.57. The van der Waals surface area contributed by atoms with E-state index in [4.69, 9.17) is 10.9 Å². The molecule has 0 heterocycles. The molecule has 0 saturated heterocycles. The fourth-order valence-corrected chi connectivity index (χ4v) is 1.67. The molecular formula is C9H13FN4O3S. The van der Waals surface area contributed by atoms with Gasteiger partial charge in [-0.05, 0) is 18.2 Å². The number of nitrogens with two attached hydrogens (primary N) is 1. The van der Waals surface area contributed by atoms with Crippen LogP contribution in [0.2, 0.25) is 0 Å². The molecule has 4 N–H and O–H groups in total. The lowest BCUT2D eigenvalue weighted by Crippen LogP contribution is -2.29. The number of oxime groups is 1. The molecule has 100 valence electrons. The van der Waals surface area contributed by atoms with Gasteiger partial charge in [0.05, 0.1) is 5.69 Å². The second-order valence-corrected chi connectivity index (χ2v) is 5.45. The maximum atomic E-state index is 13.6. The molecule has 0 aliphatic rings. The maximum absolute atomic E-state index is 13.6. The Morgan fingerprint density at radius 2 is 2.11 bits per heavy atom. The molecule has 7 nitrogen and oxygen atoms in total. The van der Waals surface area contributed by atoms with E-state index in [1.54, 1.807) is 0 Å². The Morgan fingerprint density at radius 3 is 2.56 bits per heavy atom. The number of rotatable bonds is 4. The summed E-state index contributed by atoms with van der Waals surface area (Å²) >= 11 is 0. The second kappa shape index (κ2) is 5.19. The number of amidine groups is 1. The van der Waals surface area contributed by atoms with Crippen LogP contribution in [-0.2, 0) is 10.2 Å². The Bertz CT molecular complexity index is 571. The van der Waals surface area contributed by atoms with Crippen LogP contribution in [0, 0.1) is 5.82 Å². The van der Waals surface area contributed by atoms with Crippen molar-refractivity contribution in [2.24, 2.45) is 10.9 Å². The lowest BCUT2D eigenvalue weighted by Gasteiger charge is -2.14. The topological polar surface area (TPSA) is 108 Å².